The third kappa shape index (κ3) is 5.28. The molecule has 2 amide bonds. The molecule has 162 valence electrons. The molecule has 1 aromatic heterocycles. The molecule has 1 fully saturated rings. The molecule has 9 nitrogen and oxygen atoms in total. The number of likely N-dealkylation sites (tertiary alicyclic amines) is 1. The average molecular weight is 416 g/mol. The van der Waals surface area contributed by atoms with Crippen molar-refractivity contribution in [2.24, 2.45) is 0 Å². The second-order valence-corrected chi connectivity index (χ2v) is 8.50. The smallest absolute Gasteiger partial charge is 0.410 e. The molecule has 1 saturated heterocycles. The van der Waals surface area contributed by atoms with E-state index in [2.05, 4.69) is 10.4 Å². The largest absolute Gasteiger partial charge is 0.444 e. The van der Waals surface area contributed by atoms with E-state index in [0.29, 0.717) is 36.7 Å². The van der Waals surface area contributed by atoms with Gasteiger partial charge in [-0.25, -0.2) is 9.48 Å². The van der Waals surface area contributed by atoms with E-state index in [9.17, 15) is 19.2 Å². The van der Waals surface area contributed by atoms with Gasteiger partial charge >= 0.3 is 6.09 Å². The summed E-state index contributed by atoms with van der Waals surface area (Å²) in [6, 6.07) is 6.55. The third-order valence-corrected chi connectivity index (χ3v) is 4.96. The minimum absolute atomic E-state index is 0.0384. The summed E-state index contributed by atoms with van der Waals surface area (Å²) in [5.41, 5.74) is -1.23. The lowest BCUT2D eigenvalue weighted by Crippen LogP contribution is -2.48. The Balaban J connectivity index is 1.51. The predicted octanol–water partition coefficient (Wildman–Crippen LogP) is 1.60. The van der Waals surface area contributed by atoms with E-state index < -0.39 is 5.60 Å². The average Bonchev–Trinajstić information content (AvgIpc) is 2.69. The first-order chi connectivity index (χ1) is 14.1. The number of aromatic nitrogens is 2. The highest BCUT2D eigenvalue weighted by molar-refractivity contribution is 5.80. The third-order valence-electron chi connectivity index (χ3n) is 4.96. The number of nitrogens with zero attached hydrogens (tertiary/aromatic N) is 2. The second-order valence-electron chi connectivity index (χ2n) is 8.50. The van der Waals surface area contributed by atoms with Crippen LogP contribution < -0.4 is 16.4 Å². The molecule has 0 saturated carbocycles. The summed E-state index contributed by atoms with van der Waals surface area (Å²) in [6.07, 6.45) is 1.00. The number of aryl methyl sites for hydroxylation is 1. The molecule has 0 radical (unpaired) electrons. The van der Waals surface area contributed by atoms with Crippen molar-refractivity contribution in [1.82, 2.24) is 20.0 Å². The SMILES string of the molecule is CC(C)(C)OC(=O)N1CCC(NC(=O)CCn2[nH]c(=O)c3ccccc3c2=O)CC1. The van der Waals surface area contributed by atoms with Crippen molar-refractivity contribution in [2.45, 2.75) is 58.2 Å². The number of fused-ring (bicyclic) bond motifs is 1. The van der Waals surface area contributed by atoms with Crippen LogP contribution >= 0.6 is 0 Å². The second kappa shape index (κ2) is 8.73. The fourth-order valence-corrected chi connectivity index (χ4v) is 3.45. The van der Waals surface area contributed by atoms with Crippen molar-refractivity contribution in [2.75, 3.05) is 13.1 Å². The van der Waals surface area contributed by atoms with E-state index >= 15 is 0 Å². The van der Waals surface area contributed by atoms with Gasteiger partial charge in [-0.2, -0.15) is 0 Å². The zero-order valence-electron chi connectivity index (χ0n) is 17.6. The molecule has 1 aromatic carbocycles. The Kier molecular flexibility index (Phi) is 6.28. The van der Waals surface area contributed by atoms with Crippen molar-refractivity contribution in [1.29, 1.82) is 0 Å². The molecule has 0 spiro atoms. The summed E-state index contributed by atoms with van der Waals surface area (Å²) < 4.78 is 6.55. The van der Waals surface area contributed by atoms with Gasteiger partial charge in [0.2, 0.25) is 5.91 Å². The summed E-state index contributed by atoms with van der Waals surface area (Å²) in [6.45, 7) is 6.58. The number of amides is 2. The van der Waals surface area contributed by atoms with Gasteiger partial charge in [-0.1, -0.05) is 12.1 Å². The Labute approximate surface area is 174 Å². The Morgan fingerprint density at radius 2 is 1.77 bits per heavy atom. The summed E-state index contributed by atoms with van der Waals surface area (Å²) in [5.74, 6) is -0.202. The van der Waals surface area contributed by atoms with E-state index in [-0.39, 0.29) is 42.1 Å². The fourth-order valence-electron chi connectivity index (χ4n) is 3.45. The number of carbonyl (C=O) groups excluding carboxylic acids is 2. The van der Waals surface area contributed by atoms with Gasteiger partial charge in [0.25, 0.3) is 11.1 Å². The minimum atomic E-state index is -0.538. The topological polar surface area (TPSA) is 114 Å². The number of rotatable bonds is 4. The molecule has 2 aromatic rings. The summed E-state index contributed by atoms with van der Waals surface area (Å²) in [7, 11) is 0. The molecule has 0 unspecified atom stereocenters. The number of H-pyrrole nitrogens is 1. The quantitative estimate of drug-likeness (QED) is 0.786. The molecule has 1 aliphatic rings. The van der Waals surface area contributed by atoms with Crippen LogP contribution in [0.4, 0.5) is 4.79 Å². The van der Waals surface area contributed by atoms with Gasteiger partial charge in [0.1, 0.15) is 5.60 Å². The molecule has 0 aliphatic carbocycles. The van der Waals surface area contributed by atoms with Crippen LogP contribution in [0.2, 0.25) is 0 Å². The van der Waals surface area contributed by atoms with Crippen molar-refractivity contribution in [3.63, 3.8) is 0 Å². The number of hydrogen-bond donors (Lipinski definition) is 2. The van der Waals surface area contributed by atoms with Gasteiger partial charge in [0.05, 0.1) is 17.3 Å². The summed E-state index contributed by atoms with van der Waals surface area (Å²) in [5, 5.41) is 6.13. The zero-order valence-corrected chi connectivity index (χ0v) is 17.6. The molecule has 0 bridgehead atoms. The molecule has 1 aliphatic heterocycles. The van der Waals surface area contributed by atoms with E-state index in [1.165, 1.54) is 4.68 Å². The normalized spacial score (nSPS) is 15.2. The number of carbonyl (C=O) groups is 2. The van der Waals surface area contributed by atoms with Gasteiger partial charge in [0.15, 0.2) is 0 Å². The number of piperidine rings is 1. The molecule has 3 rings (SSSR count). The maximum absolute atomic E-state index is 12.5. The number of aromatic amines is 1. The van der Waals surface area contributed by atoms with Gasteiger partial charge in [-0.05, 0) is 45.7 Å². The molecular weight excluding hydrogens is 388 g/mol. The number of hydrogen-bond acceptors (Lipinski definition) is 5. The van der Waals surface area contributed by atoms with Gasteiger partial charge < -0.3 is 15.0 Å². The molecule has 30 heavy (non-hydrogen) atoms. The van der Waals surface area contributed by atoms with E-state index in [1.807, 2.05) is 20.8 Å². The Morgan fingerprint density at radius 3 is 2.40 bits per heavy atom. The maximum Gasteiger partial charge on any atom is 0.410 e. The molecule has 0 atom stereocenters. The number of ether oxygens (including phenoxy) is 1. The van der Waals surface area contributed by atoms with Crippen LogP contribution in [0.3, 0.4) is 0 Å². The highest BCUT2D eigenvalue weighted by atomic mass is 16.6. The van der Waals surface area contributed by atoms with Crippen LogP contribution in [0.25, 0.3) is 10.8 Å². The first-order valence-electron chi connectivity index (χ1n) is 10.1. The summed E-state index contributed by atoms with van der Waals surface area (Å²) >= 11 is 0. The Hall–Kier alpha value is -3.10. The number of benzene rings is 1. The van der Waals surface area contributed by atoms with Crippen molar-refractivity contribution >= 4 is 22.8 Å². The molecule has 2 heterocycles. The van der Waals surface area contributed by atoms with E-state index in [0.717, 1.165) is 0 Å². The van der Waals surface area contributed by atoms with Crippen LogP contribution in [0, 0.1) is 0 Å². The predicted molar refractivity (Wildman–Crippen MR) is 112 cm³/mol. The van der Waals surface area contributed by atoms with Crippen molar-refractivity contribution < 1.29 is 14.3 Å². The lowest BCUT2D eigenvalue weighted by Gasteiger charge is -2.33. The van der Waals surface area contributed by atoms with E-state index in [1.54, 1.807) is 29.2 Å². The van der Waals surface area contributed by atoms with Crippen LogP contribution in [0.15, 0.2) is 33.9 Å². The highest BCUT2D eigenvalue weighted by Crippen LogP contribution is 2.15. The monoisotopic (exact) mass is 416 g/mol. The van der Waals surface area contributed by atoms with Crippen LogP contribution in [-0.4, -0.2) is 51.4 Å². The highest BCUT2D eigenvalue weighted by Gasteiger charge is 2.27. The van der Waals surface area contributed by atoms with Crippen molar-refractivity contribution in [3.05, 3.63) is 45.0 Å². The lowest BCUT2D eigenvalue weighted by atomic mass is 10.1. The Bertz CT molecular complexity index is 1040. The van der Waals surface area contributed by atoms with Crippen LogP contribution in [0.1, 0.15) is 40.0 Å². The van der Waals surface area contributed by atoms with Crippen molar-refractivity contribution in [3.8, 4) is 0 Å². The minimum Gasteiger partial charge on any atom is -0.444 e. The van der Waals surface area contributed by atoms with Gasteiger partial charge in [0, 0.05) is 25.6 Å². The van der Waals surface area contributed by atoms with Crippen LogP contribution in [-0.2, 0) is 16.1 Å². The number of nitrogens with one attached hydrogen (secondary N) is 2. The fraction of sp³-hybridized carbons (Fsp3) is 0.524. The zero-order chi connectivity index (χ0) is 21.9. The summed E-state index contributed by atoms with van der Waals surface area (Å²) in [4.78, 5) is 50.7. The van der Waals surface area contributed by atoms with E-state index in [4.69, 9.17) is 4.74 Å². The molecular formula is C21H28N4O5. The lowest BCUT2D eigenvalue weighted by molar-refractivity contribution is -0.122. The van der Waals surface area contributed by atoms with Gasteiger partial charge in [-0.3, -0.25) is 19.5 Å². The molecule has 9 heteroatoms. The molecule has 2 N–H and O–H groups in total. The maximum atomic E-state index is 12.5. The van der Waals surface area contributed by atoms with Gasteiger partial charge in [-0.15, -0.1) is 0 Å². The van der Waals surface area contributed by atoms with Crippen LogP contribution in [0.5, 0.6) is 0 Å². The first kappa shape index (κ1) is 21.6. The Morgan fingerprint density at radius 1 is 1.13 bits per heavy atom. The standard InChI is InChI=1S/C21H28N4O5/c1-21(2,3)30-20(29)24-11-8-14(9-12-24)22-17(26)10-13-25-19(28)16-7-5-4-6-15(16)18(27)23-25/h4-7,14H,8-13H2,1-3H3,(H,22,26)(H,23,27). The first-order valence-corrected chi connectivity index (χ1v) is 10.1.